The number of benzene rings is 3. The number of amides is 1. The smallest absolute Gasteiger partial charge is 0.303 e. The van der Waals surface area contributed by atoms with E-state index in [-0.39, 0.29) is 18.8 Å². The number of carbonyl (C=O) groups excluding carboxylic acids is 2. The van der Waals surface area contributed by atoms with Gasteiger partial charge in [0.25, 0.3) is 5.91 Å². The van der Waals surface area contributed by atoms with Gasteiger partial charge in [-0.2, -0.15) is 0 Å². The predicted octanol–water partition coefficient (Wildman–Crippen LogP) is 4.69. The molecule has 0 unspecified atom stereocenters. The number of hydrogen-bond donors (Lipinski definition) is 2. The SMILES string of the molecule is COc1cc2c(cc1OC)CN(C[C@H]1C[C@@H](c3ccc(CO)cc3)O[C@@H](c3ccc(NC(=O)[C@H](C)OC(C)=O)cc3)O1)CC2. The summed E-state index contributed by atoms with van der Waals surface area (Å²) in [6, 6.07) is 19.2. The van der Waals surface area contributed by atoms with Gasteiger partial charge in [0.1, 0.15) is 0 Å². The highest BCUT2D eigenvalue weighted by molar-refractivity contribution is 5.94. The Hall–Kier alpha value is -3.96. The van der Waals surface area contributed by atoms with Crippen LogP contribution >= 0.6 is 0 Å². The van der Waals surface area contributed by atoms with Gasteiger partial charge in [0.2, 0.25) is 0 Å². The van der Waals surface area contributed by atoms with Crippen molar-refractivity contribution in [2.24, 2.45) is 0 Å². The minimum atomic E-state index is -0.902. The van der Waals surface area contributed by atoms with E-state index in [2.05, 4.69) is 22.3 Å². The standard InChI is InChI=1S/C34H40N2O8/c1-21(42-22(2)38)33(39)35-28-11-9-25(10-12-28)34-43-29(17-30(44-34)24-7-5-23(20-37)6-8-24)19-36-14-13-26-15-31(40-3)32(41-4)16-27(26)18-36/h5-12,15-16,21,29-30,34,37H,13-14,17-20H2,1-4H3,(H,35,39)/t21-,29+,30-,34-/m0/s1. The monoisotopic (exact) mass is 604 g/mol. The summed E-state index contributed by atoms with van der Waals surface area (Å²) in [5.41, 5.74) is 5.73. The number of hydrogen-bond acceptors (Lipinski definition) is 9. The first-order chi connectivity index (χ1) is 21.3. The minimum Gasteiger partial charge on any atom is -0.493 e. The molecule has 3 aromatic carbocycles. The number of esters is 1. The first kappa shape index (κ1) is 31.5. The molecule has 0 radical (unpaired) electrons. The zero-order valence-corrected chi connectivity index (χ0v) is 25.6. The number of ether oxygens (including phenoxy) is 5. The molecule has 0 bridgehead atoms. The maximum absolute atomic E-state index is 12.4. The Morgan fingerprint density at radius 1 is 0.977 bits per heavy atom. The van der Waals surface area contributed by atoms with Crippen molar-refractivity contribution < 1.29 is 38.4 Å². The van der Waals surface area contributed by atoms with Gasteiger partial charge in [0, 0.05) is 44.2 Å². The molecule has 4 atom stereocenters. The Bertz CT molecular complexity index is 1440. The highest BCUT2D eigenvalue weighted by atomic mass is 16.7. The molecule has 2 aliphatic rings. The lowest BCUT2D eigenvalue weighted by Gasteiger charge is -2.39. The molecule has 0 saturated carbocycles. The highest BCUT2D eigenvalue weighted by Gasteiger charge is 2.34. The molecule has 234 valence electrons. The Morgan fingerprint density at radius 2 is 1.64 bits per heavy atom. The van der Waals surface area contributed by atoms with E-state index in [1.165, 1.54) is 25.0 Å². The Kier molecular flexibility index (Phi) is 10.2. The molecule has 2 aliphatic heterocycles. The van der Waals surface area contributed by atoms with Crippen LogP contribution in [0.3, 0.4) is 0 Å². The molecule has 2 heterocycles. The minimum absolute atomic E-state index is 0.0181. The van der Waals surface area contributed by atoms with E-state index in [1.807, 2.05) is 36.4 Å². The van der Waals surface area contributed by atoms with Gasteiger partial charge >= 0.3 is 5.97 Å². The van der Waals surface area contributed by atoms with Gasteiger partial charge in [-0.3, -0.25) is 14.5 Å². The van der Waals surface area contributed by atoms with Crippen molar-refractivity contribution >= 4 is 17.6 Å². The Balaban J connectivity index is 1.31. The Labute approximate surface area is 257 Å². The van der Waals surface area contributed by atoms with Crippen molar-refractivity contribution in [1.82, 2.24) is 4.90 Å². The van der Waals surface area contributed by atoms with E-state index >= 15 is 0 Å². The second-order valence-corrected chi connectivity index (χ2v) is 11.2. The molecule has 44 heavy (non-hydrogen) atoms. The van der Waals surface area contributed by atoms with Crippen molar-refractivity contribution in [3.8, 4) is 11.5 Å². The lowest BCUT2D eigenvalue weighted by molar-refractivity contribution is -0.253. The number of anilines is 1. The molecule has 1 amide bonds. The molecule has 0 aromatic heterocycles. The quantitative estimate of drug-likeness (QED) is 0.318. The zero-order valence-electron chi connectivity index (χ0n) is 25.6. The number of aliphatic hydroxyl groups is 1. The molecule has 10 heteroatoms. The predicted molar refractivity (Wildman–Crippen MR) is 163 cm³/mol. The summed E-state index contributed by atoms with van der Waals surface area (Å²) in [5.74, 6) is 0.541. The number of nitrogens with zero attached hydrogens (tertiary/aromatic N) is 1. The number of aliphatic hydroxyl groups excluding tert-OH is 1. The molecule has 10 nitrogen and oxygen atoms in total. The van der Waals surface area contributed by atoms with Gasteiger partial charge in [-0.25, -0.2) is 0 Å². The fourth-order valence-corrected chi connectivity index (χ4v) is 5.69. The van der Waals surface area contributed by atoms with Gasteiger partial charge in [-0.05, 0) is 59.9 Å². The molecule has 1 fully saturated rings. The topological polar surface area (TPSA) is 116 Å². The van der Waals surface area contributed by atoms with Crippen molar-refractivity contribution in [2.75, 3.05) is 32.6 Å². The summed E-state index contributed by atoms with van der Waals surface area (Å²) in [5, 5.41) is 12.3. The van der Waals surface area contributed by atoms with Gasteiger partial charge < -0.3 is 34.1 Å². The summed E-state index contributed by atoms with van der Waals surface area (Å²) in [4.78, 5) is 26.0. The van der Waals surface area contributed by atoms with Crippen LogP contribution in [0, 0.1) is 0 Å². The van der Waals surface area contributed by atoms with E-state index < -0.39 is 24.3 Å². The third-order valence-electron chi connectivity index (χ3n) is 8.04. The lowest BCUT2D eigenvalue weighted by Crippen LogP contribution is -2.41. The van der Waals surface area contributed by atoms with E-state index in [1.54, 1.807) is 26.4 Å². The average Bonchev–Trinajstić information content (AvgIpc) is 3.04. The van der Waals surface area contributed by atoms with Crippen LogP contribution in [-0.4, -0.2) is 61.4 Å². The number of fused-ring (bicyclic) bond motifs is 1. The van der Waals surface area contributed by atoms with Crippen molar-refractivity contribution in [1.29, 1.82) is 0 Å². The molecule has 0 aliphatic carbocycles. The largest absolute Gasteiger partial charge is 0.493 e. The van der Waals surface area contributed by atoms with Gasteiger partial charge in [-0.1, -0.05) is 36.4 Å². The molecule has 1 saturated heterocycles. The summed E-state index contributed by atoms with van der Waals surface area (Å²) in [6.07, 6.45) is -0.272. The number of methoxy groups -OCH3 is 2. The van der Waals surface area contributed by atoms with Crippen LogP contribution in [-0.2, 0) is 43.4 Å². The third-order valence-corrected chi connectivity index (χ3v) is 8.04. The summed E-state index contributed by atoms with van der Waals surface area (Å²) in [6.45, 7) is 5.16. The van der Waals surface area contributed by atoms with Gasteiger partial charge in [-0.15, -0.1) is 0 Å². The molecular formula is C34H40N2O8. The van der Waals surface area contributed by atoms with Crippen LogP contribution in [0.1, 0.15) is 60.5 Å². The number of carbonyl (C=O) groups is 2. The second-order valence-electron chi connectivity index (χ2n) is 11.2. The van der Waals surface area contributed by atoms with E-state index in [0.29, 0.717) is 12.1 Å². The molecular weight excluding hydrogens is 564 g/mol. The highest BCUT2D eigenvalue weighted by Crippen LogP contribution is 2.39. The molecule has 2 N–H and O–H groups in total. The first-order valence-electron chi connectivity index (χ1n) is 14.8. The van der Waals surface area contributed by atoms with Crippen LogP contribution in [0.2, 0.25) is 0 Å². The molecule has 5 rings (SSSR count). The normalized spacial score (nSPS) is 20.7. The van der Waals surface area contributed by atoms with Crippen LogP contribution < -0.4 is 14.8 Å². The maximum Gasteiger partial charge on any atom is 0.303 e. The van der Waals surface area contributed by atoms with Gasteiger partial charge in [0.05, 0.1) is 33.0 Å². The van der Waals surface area contributed by atoms with Crippen molar-refractivity contribution in [2.45, 2.75) is 64.4 Å². The van der Waals surface area contributed by atoms with Crippen LogP contribution in [0.5, 0.6) is 11.5 Å². The summed E-state index contributed by atoms with van der Waals surface area (Å²) >= 11 is 0. The van der Waals surface area contributed by atoms with Crippen LogP contribution in [0.25, 0.3) is 0 Å². The number of rotatable bonds is 10. The first-order valence-corrected chi connectivity index (χ1v) is 14.8. The fourth-order valence-electron chi connectivity index (χ4n) is 5.69. The third kappa shape index (κ3) is 7.57. The summed E-state index contributed by atoms with van der Waals surface area (Å²) < 4.78 is 29.0. The van der Waals surface area contributed by atoms with E-state index in [0.717, 1.165) is 54.2 Å². The maximum atomic E-state index is 12.4. The molecule has 3 aromatic rings. The zero-order chi connectivity index (χ0) is 31.2. The van der Waals surface area contributed by atoms with Crippen molar-refractivity contribution in [3.63, 3.8) is 0 Å². The fraction of sp³-hybridized carbons (Fsp3) is 0.412. The van der Waals surface area contributed by atoms with Crippen molar-refractivity contribution in [3.05, 3.63) is 88.5 Å². The summed E-state index contributed by atoms with van der Waals surface area (Å²) in [7, 11) is 3.31. The Morgan fingerprint density at radius 3 is 2.27 bits per heavy atom. The second kappa shape index (κ2) is 14.2. The van der Waals surface area contributed by atoms with E-state index in [9.17, 15) is 14.7 Å². The van der Waals surface area contributed by atoms with Gasteiger partial charge in [0.15, 0.2) is 23.9 Å². The van der Waals surface area contributed by atoms with Crippen LogP contribution in [0.4, 0.5) is 5.69 Å². The number of nitrogens with one attached hydrogen (secondary N) is 1. The lowest BCUT2D eigenvalue weighted by atomic mass is 9.97. The average molecular weight is 605 g/mol. The van der Waals surface area contributed by atoms with E-state index in [4.69, 9.17) is 23.7 Å². The molecule has 0 spiro atoms. The van der Waals surface area contributed by atoms with Crippen LogP contribution in [0.15, 0.2) is 60.7 Å².